The molecule has 0 radical (unpaired) electrons. The highest BCUT2D eigenvalue weighted by molar-refractivity contribution is 5.68. The van der Waals surface area contributed by atoms with Gasteiger partial charge in [-0.1, -0.05) is 12.1 Å². The fourth-order valence-corrected chi connectivity index (χ4v) is 1.92. The molecule has 0 amide bonds. The second-order valence-electron chi connectivity index (χ2n) is 4.26. The molecule has 2 rings (SSSR count). The molecule has 1 aliphatic rings. The van der Waals surface area contributed by atoms with E-state index in [1.165, 1.54) is 30.6 Å². The number of hydrogen-bond acceptors (Lipinski definition) is 4. The van der Waals surface area contributed by atoms with Crippen LogP contribution >= 0.6 is 0 Å². The molecule has 0 spiro atoms. The fraction of sp³-hybridized carbons (Fsp3) is 0.250. The van der Waals surface area contributed by atoms with Crippen molar-refractivity contribution in [2.45, 2.75) is 18.0 Å². The molecule has 6 heteroatoms. The number of rotatable bonds is 3. The fourth-order valence-electron chi connectivity index (χ4n) is 1.92. The predicted molar refractivity (Wildman–Crippen MR) is 65.4 cm³/mol. The summed E-state index contributed by atoms with van der Waals surface area (Å²) in [6.45, 7) is 0. The predicted octanol–water partition coefficient (Wildman–Crippen LogP) is 1.31. The van der Waals surface area contributed by atoms with Crippen molar-refractivity contribution >= 4 is 6.21 Å². The number of nitro groups is 1. The monoisotopic (exact) mass is 249 g/mol. The molecular formula is C12H12FN3O2. The molecule has 2 atom stereocenters. The smallest absolute Gasteiger partial charge is 0.269 e. The lowest BCUT2D eigenvalue weighted by Crippen LogP contribution is -2.56. The Morgan fingerprint density at radius 3 is 2.72 bits per heavy atom. The zero-order chi connectivity index (χ0) is 13.2. The number of benzene rings is 1. The number of hydrogen-bond donors (Lipinski definition) is 1. The summed E-state index contributed by atoms with van der Waals surface area (Å²) >= 11 is 0. The van der Waals surface area contributed by atoms with Gasteiger partial charge in [-0.15, -0.1) is 0 Å². The second-order valence-corrected chi connectivity index (χ2v) is 4.26. The first-order valence-electron chi connectivity index (χ1n) is 5.39. The number of halogens is 1. The molecule has 94 valence electrons. The Morgan fingerprint density at radius 2 is 2.11 bits per heavy atom. The van der Waals surface area contributed by atoms with Gasteiger partial charge in [-0.2, -0.15) is 0 Å². The van der Waals surface area contributed by atoms with Crippen molar-refractivity contribution in [1.29, 1.82) is 0 Å². The van der Waals surface area contributed by atoms with E-state index in [4.69, 9.17) is 5.73 Å². The standard InChI is InChI=1S/C12H12FN3O2/c13-10-3-1-9(2-4-10)7-12(14)5-6-15-8-11(12)16(17)18/h1-6,8,11H,7,14H2. The van der Waals surface area contributed by atoms with Crippen LogP contribution in [0.15, 0.2) is 41.5 Å². The summed E-state index contributed by atoms with van der Waals surface area (Å²) in [4.78, 5) is 14.2. The molecule has 5 nitrogen and oxygen atoms in total. The van der Waals surface area contributed by atoms with Crippen LogP contribution < -0.4 is 5.73 Å². The average Bonchev–Trinajstić information content (AvgIpc) is 2.32. The van der Waals surface area contributed by atoms with Crippen LogP contribution in [0.3, 0.4) is 0 Å². The van der Waals surface area contributed by atoms with Gasteiger partial charge in [-0.3, -0.25) is 15.1 Å². The van der Waals surface area contributed by atoms with Gasteiger partial charge in [-0.05, 0) is 23.8 Å². The summed E-state index contributed by atoms with van der Waals surface area (Å²) in [7, 11) is 0. The van der Waals surface area contributed by atoms with E-state index in [1.807, 2.05) is 0 Å². The molecule has 0 aliphatic carbocycles. The normalized spacial score (nSPS) is 26.2. The van der Waals surface area contributed by atoms with Crippen molar-refractivity contribution < 1.29 is 9.31 Å². The summed E-state index contributed by atoms with van der Waals surface area (Å²) in [6.07, 6.45) is 4.44. The van der Waals surface area contributed by atoms with E-state index in [-0.39, 0.29) is 12.2 Å². The maximum Gasteiger partial charge on any atom is 0.269 e. The topological polar surface area (TPSA) is 81.5 Å². The van der Waals surface area contributed by atoms with Gasteiger partial charge in [0.15, 0.2) is 0 Å². The van der Waals surface area contributed by atoms with Crippen LogP contribution in [-0.2, 0) is 6.42 Å². The van der Waals surface area contributed by atoms with Gasteiger partial charge in [0.2, 0.25) is 0 Å². The first kappa shape index (κ1) is 12.4. The van der Waals surface area contributed by atoms with Gasteiger partial charge >= 0.3 is 0 Å². The number of nitrogens with zero attached hydrogens (tertiary/aromatic N) is 2. The third kappa shape index (κ3) is 2.43. The maximum absolute atomic E-state index is 12.8. The Hall–Kier alpha value is -2.08. The lowest BCUT2D eigenvalue weighted by Gasteiger charge is -2.28. The van der Waals surface area contributed by atoms with Crippen molar-refractivity contribution in [3.05, 3.63) is 58.0 Å². The van der Waals surface area contributed by atoms with Crippen LogP contribution in [0, 0.1) is 15.9 Å². The molecule has 0 fully saturated rings. The summed E-state index contributed by atoms with van der Waals surface area (Å²) in [5, 5.41) is 11.0. The third-order valence-electron chi connectivity index (χ3n) is 2.90. The van der Waals surface area contributed by atoms with Crippen LogP contribution in [0.1, 0.15) is 5.56 Å². The highest BCUT2D eigenvalue weighted by Gasteiger charge is 2.42. The molecule has 2 N–H and O–H groups in total. The Balaban J connectivity index is 2.25. The molecule has 0 saturated carbocycles. The maximum atomic E-state index is 12.8. The van der Waals surface area contributed by atoms with Crippen molar-refractivity contribution in [3.63, 3.8) is 0 Å². The zero-order valence-corrected chi connectivity index (χ0v) is 9.49. The van der Waals surface area contributed by atoms with Gasteiger partial charge < -0.3 is 5.73 Å². The Morgan fingerprint density at radius 1 is 1.44 bits per heavy atom. The van der Waals surface area contributed by atoms with Gasteiger partial charge in [0.25, 0.3) is 6.04 Å². The molecule has 0 bridgehead atoms. The highest BCUT2D eigenvalue weighted by atomic mass is 19.1. The van der Waals surface area contributed by atoms with E-state index in [9.17, 15) is 14.5 Å². The molecular weight excluding hydrogens is 237 g/mol. The SMILES string of the molecule is NC1(Cc2ccc(F)cc2)C=CN=CC1[N+](=O)[O-]. The van der Waals surface area contributed by atoms with Gasteiger partial charge in [0, 0.05) is 17.5 Å². The van der Waals surface area contributed by atoms with Crippen molar-refractivity contribution in [2.75, 3.05) is 0 Å². The van der Waals surface area contributed by atoms with Crippen molar-refractivity contribution in [1.82, 2.24) is 0 Å². The Kier molecular flexibility index (Phi) is 3.20. The van der Waals surface area contributed by atoms with Gasteiger partial charge in [0.05, 0.1) is 6.21 Å². The molecule has 18 heavy (non-hydrogen) atoms. The third-order valence-corrected chi connectivity index (χ3v) is 2.90. The minimum atomic E-state index is -1.14. The average molecular weight is 249 g/mol. The van der Waals surface area contributed by atoms with Crippen molar-refractivity contribution in [2.24, 2.45) is 10.7 Å². The van der Waals surface area contributed by atoms with Crippen molar-refractivity contribution in [3.8, 4) is 0 Å². The van der Waals surface area contributed by atoms with Gasteiger partial charge in [-0.25, -0.2) is 4.39 Å². The number of aliphatic imine (C=N–C) groups is 1. The summed E-state index contributed by atoms with van der Waals surface area (Å²) in [5.74, 6) is -0.351. The lowest BCUT2D eigenvalue weighted by molar-refractivity contribution is -0.509. The van der Waals surface area contributed by atoms with E-state index in [0.29, 0.717) is 0 Å². The Labute approximate surface area is 103 Å². The van der Waals surface area contributed by atoms with E-state index in [2.05, 4.69) is 4.99 Å². The molecule has 1 aromatic carbocycles. The van der Waals surface area contributed by atoms with E-state index in [1.54, 1.807) is 12.1 Å². The molecule has 2 unspecified atom stereocenters. The zero-order valence-electron chi connectivity index (χ0n) is 9.49. The van der Waals surface area contributed by atoms with E-state index >= 15 is 0 Å². The lowest BCUT2D eigenvalue weighted by atomic mass is 9.84. The first-order valence-corrected chi connectivity index (χ1v) is 5.39. The molecule has 1 aromatic rings. The highest BCUT2D eigenvalue weighted by Crippen LogP contribution is 2.21. The molecule has 1 aliphatic heterocycles. The van der Waals surface area contributed by atoms with E-state index < -0.39 is 16.5 Å². The largest absolute Gasteiger partial charge is 0.316 e. The van der Waals surface area contributed by atoms with Crippen LogP contribution in [0.25, 0.3) is 0 Å². The molecule has 0 saturated heterocycles. The minimum Gasteiger partial charge on any atom is -0.316 e. The Bertz CT molecular complexity index is 513. The van der Waals surface area contributed by atoms with Crippen LogP contribution in [0.5, 0.6) is 0 Å². The first-order chi connectivity index (χ1) is 8.51. The minimum absolute atomic E-state index is 0.251. The molecule has 0 aromatic heterocycles. The quantitative estimate of drug-likeness (QED) is 0.647. The molecule has 1 heterocycles. The number of nitrogens with two attached hydrogens (primary N) is 1. The van der Waals surface area contributed by atoms with Crippen LogP contribution in [-0.4, -0.2) is 22.7 Å². The summed E-state index contributed by atoms with van der Waals surface area (Å²) in [5.41, 5.74) is 5.67. The van der Waals surface area contributed by atoms with Crippen LogP contribution in [0.4, 0.5) is 4.39 Å². The summed E-state index contributed by atoms with van der Waals surface area (Å²) in [6, 6.07) is 4.68. The van der Waals surface area contributed by atoms with Gasteiger partial charge in [0.1, 0.15) is 11.4 Å². The second kappa shape index (κ2) is 4.66. The van der Waals surface area contributed by atoms with Crippen LogP contribution in [0.2, 0.25) is 0 Å². The van der Waals surface area contributed by atoms with E-state index in [0.717, 1.165) is 5.56 Å². The summed E-state index contributed by atoms with van der Waals surface area (Å²) < 4.78 is 12.8.